The van der Waals surface area contributed by atoms with Crippen molar-refractivity contribution in [3.8, 4) is 0 Å². The zero-order valence-electron chi connectivity index (χ0n) is 13.1. The molecule has 3 heteroatoms. The molecule has 0 aliphatic carbocycles. The second kappa shape index (κ2) is 6.55. The van der Waals surface area contributed by atoms with Gasteiger partial charge in [-0.25, -0.2) is 0 Å². The summed E-state index contributed by atoms with van der Waals surface area (Å²) in [5.74, 6) is -0.0606. The first-order valence-corrected chi connectivity index (χ1v) is 7.08. The maximum atomic E-state index is 12.4. The Morgan fingerprint density at radius 3 is 2.52 bits per heavy atom. The van der Waals surface area contributed by atoms with E-state index in [1.165, 1.54) is 5.56 Å². The van der Waals surface area contributed by atoms with E-state index in [-0.39, 0.29) is 5.91 Å². The molecule has 0 spiro atoms. The van der Waals surface area contributed by atoms with Crippen LogP contribution in [0.25, 0.3) is 0 Å². The molecule has 0 radical (unpaired) electrons. The molecule has 2 aromatic rings. The summed E-state index contributed by atoms with van der Waals surface area (Å²) in [6.45, 7) is 4.84. The van der Waals surface area contributed by atoms with E-state index < -0.39 is 0 Å². The van der Waals surface area contributed by atoms with Gasteiger partial charge in [-0.2, -0.15) is 0 Å². The molecule has 0 unspecified atom stereocenters. The average molecular weight is 282 g/mol. The fraction of sp³-hybridized carbons (Fsp3) is 0.278. The van der Waals surface area contributed by atoms with E-state index in [1.807, 2.05) is 64.3 Å². The van der Waals surface area contributed by atoms with Gasteiger partial charge in [0.05, 0.1) is 0 Å². The van der Waals surface area contributed by atoms with Crippen molar-refractivity contribution in [1.29, 1.82) is 0 Å². The number of anilines is 1. The van der Waals surface area contributed by atoms with Crippen molar-refractivity contribution < 1.29 is 4.79 Å². The van der Waals surface area contributed by atoms with E-state index in [1.54, 1.807) is 0 Å². The van der Waals surface area contributed by atoms with Crippen LogP contribution in [0.5, 0.6) is 0 Å². The van der Waals surface area contributed by atoms with Gasteiger partial charge in [0.2, 0.25) is 0 Å². The molecule has 2 aromatic carbocycles. The van der Waals surface area contributed by atoms with Crippen molar-refractivity contribution in [1.82, 2.24) is 4.90 Å². The Morgan fingerprint density at radius 2 is 1.86 bits per heavy atom. The summed E-state index contributed by atoms with van der Waals surface area (Å²) in [4.78, 5) is 14.5. The molecular formula is C18H22N2O. The van der Waals surface area contributed by atoms with E-state index in [9.17, 15) is 4.79 Å². The number of amides is 1. The molecular weight excluding hydrogens is 260 g/mol. The van der Waals surface area contributed by atoms with E-state index in [0.717, 1.165) is 28.9 Å². The summed E-state index contributed by atoms with van der Waals surface area (Å²) < 4.78 is 0. The van der Waals surface area contributed by atoms with Crippen LogP contribution in [0, 0.1) is 13.8 Å². The van der Waals surface area contributed by atoms with Crippen LogP contribution in [0.4, 0.5) is 5.69 Å². The first-order chi connectivity index (χ1) is 9.95. The highest BCUT2D eigenvalue weighted by Crippen LogP contribution is 2.16. The number of aryl methyl sites for hydroxylation is 2. The van der Waals surface area contributed by atoms with Crippen LogP contribution in [0.1, 0.15) is 27.0 Å². The monoisotopic (exact) mass is 282 g/mol. The van der Waals surface area contributed by atoms with Gasteiger partial charge in [0.15, 0.2) is 0 Å². The molecule has 0 fully saturated rings. The van der Waals surface area contributed by atoms with Gasteiger partial charge in [0.25, 0.3) is 5.91 Å². The van der Waals surface area contributed by atoms with Crippen LogP contribution in [-0.2, 0) is 6.54 Å². The predicted octanol–water partition coefficient (Wildman–Crippen LogP) is 3.62. The van der Waals surface area contributed by atoms with Gasteiger partial charge in [-0.05, 0) is 57.3 Å². The van der Waals surface area contributed by atoms with Crippen molar-refractivity contribution in [3.63, 3.8) is 0 Å². The standard InChI is InChI=1S/C18H22N2O/c1-13-8-9-17(14(2)10-13)18(21)19-16-7-5-6-15(11-16)12-20(3)4/h5-11H,12H2,1-4H3,(H,19,21). The number of nitrogens with one attached hydrogen (secondary N) is 1. The highest BCUT2D eigenvalue weighted by atomic mass is 16.1. The van der Waals surface area contributed by atoms with Gasteiger partial charge in [-0.15, -0.1) is 0 Å². The zero-order valence-corrected chi connectivity index (χ0v) is 13.1. The fourth-order valence-corrected chi connectivity index (χ4v) is 2.38. The largest absolute Gasteiger partial charge is 0.322 e. The molecule has 0 heterocycles. The van der Waals surface area contributed by atoms with Crippen molar-refractivity contribution in [3.05, 3.63) is 64.7 Å². The lowest BCUT2D eigenvalue weighted by molar-refractivity contribution is 0.102. The molecule has 0 saturated heterocycles. The number of hydrogen-bond acceptors (Lipinski definition) is 2. The van der Waals surface area contributed by atoms with Crippen LogP contribution in [0.15, 0.2) is 42.5 Å². The lowest BCUT2D eigenvalue weighted by Gasteiger charge is -2.12. The van der Waals surface area contributed by atoms with Gasteiger partial charge >= 0.3 is 0 Å². The molecule has 1 amide bonds. The van der Waals surface area contributed by atoms with Crippen LogP contribution in [0.2, 0.25) is 0 Å². The molecule has 2 rings (SSSR count). The summed E-state index contributed by atoms with van der Waals surface area (Å²) in [6, 6.07) is 13.8. The Morgan fingerprint density at radius 1 is 1.10 bits per heavy atom. The molecule has 0 saturated carbocycles. The average Bonchev–Trinajstić information content (AvgIpc) is 2.37. The molecule has 0 aliphatic rings. The van der Waals surface area contributed by atoms with E-state index in [4.69, 9.17) is 0 Å². The summed E-state index contributed by atoms with van der Waals surface area (Å²) in [5.41, 5.74) is 4.89. The number of carbonyl (C=O) groups excluding carboxylic acids is 1. The van der Waals surface area contributed by atoms with E-state index >= 15 is 0 Å². The van der Waals surface area contributed by atoms with E-state index in [2.05, 4.69) is 16.3 Å². The molecule has 0 aliphatic heterocycles. The number of benzene rings is 2. The zero-order chi connectivity index (χ0) is 15.4. The molecule has 1 N–H and O–H groups in total. The van der Waals surface area contributed by atoms with Crippen molar-refractivity contribution >= 4 is 11.6 Å². The van der Waals surface area contributed by atoms with Crippen LogP contribution in [-0.4, -0.2) is 24.9 Å². The van der Waals surface area contributed by atoms with Gasteiger partial charge in [-0.3, -0.25) is 4.79 Å². The van der Waals surface area contributed by atoms with Crippen molar-refractivity contribution in [2.24, 2.45) is 0 Å². The Bertz CT molecular complexity index is 647. The second-order valence-corrected chi connectivity index (χ2v) is 5.71. The third-order valence-corrected chi connectivity index (χ3v) is 3.31. The fourth-order valence-electron chi connectivity index (χ4n) is 2.38. The molecule has 0 bridgehead atoms. The number of hydrogen-bond donors (Lipinski definition) is 1. The first-order valence-electron chi connectivity index (χ1n) is 7.08. The van der Waals surface area contributed by atoms with Crippen LogP contribution in [0.3, 0.4) is 0 Å². The number of carbonyl (C=O) groups is 1. The lowest BCUT2D eigenvalue weighted by atomic mass is 10.1. The van der Waals surface area contributed by atoms with Gasteiger partial charge in [0.1, 0.15) is 0 Å². The molecule has 0 aromatic heterocycles. The normalized spacial score (nSPS) is 10.7. The third-order valence-electron chi connectivity index (χ3n) is 3.31. The minimum Gasteiger partial charge on any atom is -0.322 e. The highest BCUT2D eigenvalue weighted by molar-refractivity contribution is 6.05. The summed E-state index contributed by atoms with van der Waals surface area (Å²) in [7, 11) is 4.06. The third kappa shape index (κ3) is 4.17. The Balaban J connectivity index is 2.15. The Hall–Kier alpha value is -2.13. The molecule has 0 atom stereocenters. The quantitative estimate of drug-likeness (QED) is 0.929. The Labute approximate surface area is 126 Å². The molecule has 110 valence electrons. The van der Waals surface area contributed by atoms with Gasteiger partial charge < -0.3 is 10.2 Å². The SMILES string of the molecule is Cc1ccc(C(=O)Nc2cccc(CN(C)C)c2)c(C)c1. The summed E-state index contributed by atoms with van der Waals surface area (Å²) >= 11 is 0. The van der Waals surface area contributed by atoms with Gasteiger partial charge in [0, 0.05) is 17.8 Å². The topological polar surface area (TPSA) is 32.3 Å². The van der Waals surface area contributed by atoms with Crippen LogP contribution >= 0.6 is 0 Å². The minimum absolute atomic E-state index is 0.0606. The predicted molar refractivity (Wildman–Crippen MR) is 87.7 cm³/mol. The smallest absolute Gasteiger partial charge is 0.255 e. The van der Waals surface area contributed by atoms with Crippen molar-refractivity contribution in [2.75, 3.05) is 19.4 Å². The summed E-state index contributed by atoms with van der Waals surface area (Å²) in [5, 5.41) is 2.97. The highest BCUT2D eigenvalue weighted by Gasteiger charge is 2.09. The molecule has 21 heavy (non-hydrogen) atoms. The van der Waals surface area contributed by atoms with Gasteiger partial charge in [-0.1, -0.05) is 29.8 Å². The Kier molecular flexibility index (Phi) is 4.76. The molecule has 3 nitrogen and oxygen atoms in total. The lowest BCUT2D eigenvalue weighted by Crippen LogP contribution is -2.14. The number of rotatable bonds is 4. The summed E-state index contributed by atoms with van der Waals surface area (Å²) in [6.07, 6.45) is 0. The maximum Gasteiger partial charge on any atom is 0.255 e. The second-order valence-electron chi connectivity index (χ2n) is 5.71. The van der Waals surface area contributed by atoms with E-state index in [0.29, 0.717) is 0 Å². The maximum absolute atomic E-state index is 12.4. The van der Waals surface area contributed by atoms with Crippen molar-refractivity contribution in [2.45, 2.75) is 20.4 Å². The first kappa shape index (κ1) is 15.3. The minimum atomic E-state index is -0.0606. The van der Waals surface area contributed by atoms with Crippen LogP contribution < -0.4 is 5.32 Å². The number of nitrogens with zero attached hydrogens (tertiary/aromatic N) is 1.